The van der Waals surface area contributed by atoms with Crippen molar-refractivity contribution in [1.82, 2.24) is 4.98 Å². The first kappa shape index (κ1) is 14.6. The van der Waals surface area contributed by atoms with Crippen molar-refractivity contribution >= 4 is 22.7 Å². The van der Waals surface area contributed by atoms with Crippen molar-refractivity contribution in [2.75, 3.05) is 5.32 Å². The number of nitrogens with zero attached hydrogens (tertiary/aromatic N) is 1. The summed E-state index contributed by atoms with van der Waals surface area (Å²) in [4.78, 5) is 14.7. The van der Waals surface area contributed by atoms with Crippen LogP contribution in [0, 0.1) is 0 Å². The van der Waals surface area contributed by atoms with Crippen LogP contribution < -0.4 is 5.32 Å². The van der Waals surface area contributed by atoms with E-state index in [0.717, 1.165) is 0 Å². The number of hydrogen-bond donors (Lipinski definition) is 1. The molecule has 1 atom stereocenters. The van der Waals surface area contributed by atoms with Crippen LogP contribution in [-0.4, -0.2) is 25.8 Å². The molecule has 1 N–H and O–H groups in total. The van der Waals surface area contributed by atoms with Gasteiger partial charge in [-0.2, -0.15) is 13.2 Å². The number of nitrogens with one attached hydrogen (secondary N) is 1. The second-order valence-electron chi connectivity index (χ2n) is 3.25. The van der Waals surface area contributed by atoms with Gasteiger partial charge in [0.25, 0.3) is 0 Å². The van der Waals surface area contributed by atoms with Crippen molar-refractivity contribution in [1.29, 1.82) is 0 Å². The molecule has 0 aliphatic carbocycles. The van der Waals surface area contributed by atoms with E-state index in [9.17, 15) is 26.7 Å². The lowest BCUT2D eigenvalue weighted by Gasteiger charge is -2.12. The summed E-state index contributed by atoms with van der Waals surface area (Å²) >= 11 is -2.68. The van der Waals surface area contributed by atoms with Gasteiger partial charge in [-0.15, -0.1) is 0 Å². The van der Waals surface area contributed by atoms with E-state index in [-0.39, 0.29) is 5.69 Å². The molecule has 18 heavy (non-hydrogen) atoms. The van der Waals surface area contributed by atoms with Crippen molar-refractivity contribution in [3.8, 4) is 0 Å². The molecule has 1 aromatic heterocycles. The molecular weight excluding hydrogens is 273 g/mol. The Morgan fingerprint density at radius 3 is 2.72 bits per heavy atom. The minimum absolute atomic E-state index is 0.141. The van der Waals surface area contributed by atoms with Gasteiger partial charge in [-0.1, -0.05) is 0 Å². The predicted octanol–water partition coefficient (Wildman–Crippen LogP) is 1.60. The third kappa shape index (κ3) is 4.80. The fraction of sp³-hybridized carbons (Fsp3) is 0.333. The third-order valence-corrected chi connectivity index (χ3v) is 2.48. The van der Waals surface area contributed by atoms with E-state index in [4.69, 9.17) is 0 Å². The maximum absolute atomic E-state index is 11.9. The summed E-state index contributed by atoms with van der Waals surface area (Å²) in [5.41, 5.74) is -0.141. The molecule has 0 aromatic carbocycles. The molecule has 0 spiro atoms. The number of rotatable bonds is 4. The van der Waals surface area contributed by atoms with Gasteiger partial charge in [-0.3, -0.25) is 9.00 Å². The highest BCUT2D eigenvalue weighted by molar-refractivity contribution is 7.79. The molecule has 0 fully saturated rings. The van der Waals surface area contributed by atoms with Gasteiger partial charge in [0.1, 0.15) is 5.03 Å². The van der Waals surface area contributed by atoms with Crippen LogP contribution in [0.2, 0.25) is 0 Å². The molecule has 0 saturated heterocycles. The Kier molecular flexibility index (Phi) is 4.79. The molecular formula is C9H8F3N2O3S-. The zero-order valence-corrected chi connectivity index (χ0v) is 9.68. The molecule has 1 rings (SSSR count). The Morgan fingerprint density at radius 1 is 1.50 bits per heavy atom. The van der Waals surface area contributed by atoms with Crippen LogP contribution in [0.25, 0.3) is 0 Å². The van der Waals surface area contributed by atoms with E-state index in [0.29, 0.717) is 0 Å². The minimum atomic E-state index is -4.43. The van der Waals surface area contributed by atoms with Crippen LogP contribution in [0.5, 0.6) is 0 Å². The van der Waals surface area contributed by atoms with E-state index in [1.165, 1.54) is 18.3 Å². The maximum atomic E-state index is 11.9. The largest absolute Gasteiger partial charge is 0.767 e. The van der Waals surface area contributed by atoms with Gasteiger partial charge in [0.2, 0.25) is 5.91 Å². The number of anilines is 1. The summed E-state index contributed by atoms with van der Waals surface area (Å²) in [5, 5.41) is 1.65. The van der Waals surface area contributed by atoms with Crippen LogP contribution in [0.1, 0.15) is 12.8 Å². The summed E-state index contributed by atoms with van der Waals surface area (Å²) in [5.74, 6) is -0.924. The molecule has 0 aliphatic heterocycles. The number of amides is 1. The summed E-state index contributed by atoms with van der Waals surface area (Å²) < 4.78 is 57.1. The Morgan fingerprint density at radius 2 is 2.17 bits per heavy atom. The Balaban J connectivity index is 2.68. The first-order valence-electron chi connectivity index (χ1n) is 4.70. The van der Waals surface area contributed by atoms with Crippen LogP contribution >= 0.6 is 0 Å². The number of alkyl halides is 3. The summed E-state index contributed by atoms with van der Waals surface area (Å²) in [6, 6.07) is 2.60. The zero-order chi connectivity index (χ0) is 13.8. The van der Waals surface area contributed by atoms with Gasteiger partial charge in [0.05, 0.1) is 12.1 Å². The highest BCUT2D eigenvalue weighted by Crippen LogP contribution is 2.22. The molecule has 0 bridgehead atoms. The maximum Gasteiger partial charge on any atom is 0.389 e. The van der Waals surface area contributed by atoms with Gasteiger partial charge >= 0.3 is 6.18 Å². The number of carbonyl (C=O) groups excluding carboxylic acids is 1. The highest BCUT2D eigenvalue weighted by Gasteiger charge is 2.28. The summed E-state index contributed by atoms with van der Waals surface area (Å²) in [7, 11) is 0. The summed E-state index contributed by atoms with van der Waals surface area (Å²) in [6.07, 6.45) is -5.29. The molecule has 0 saturated carbocycles. The Hall–Kier alpha value is -1.48. The Labute approximate surface area is 103 Å². The first-order valence-corrected chi connectivity index (χ1v) is 5.78. The fourth-order valence-electron chi connectivity index (χ4n) is 1.09. The van der Waals surface area contributed by atoms with Crippen molar-refractivity contribution in [2.24, 2.45) is 0 Å². The molecule has 0 aliphatic rings. The molecule has 1 heterocycles. The number of pyridine rings is 1. The van der Waals surface area contributed by atoms with E-state index >= 15 is 0 Å². The van der Waals surface area contributed by atoms with Crippen molar-refractivity contribution < 1.29 is 26.7 Å². The van der Waals surface area contributed by atoms with Gasteiger partial charge in [0, 0.05) is 12.6 Å². The standard InChI is InChI=1S/C9H9F3N2O3S/c10-9(11,12)4-3-7(15)14-6-2-1-5-13-8(6)18(16)17/h1-2,5H,3-4H2,(H,14,15)(H,16,17)/p-1. The summed E-state index contributed by atoms with van der Waals surface area (Å²) in [6.45, 7) is 0. The molecule has 1 amide bonds. The minimum Gasteiger partial charge on any atom is -0.767 e. The molecule has 1 unspecified atom stereocenters. The van der Waals surface area contributed by atoms with E-state index < -0.39 is 41.0 Å². The van der Waals surface area contributed by atoms with Crippen LogP contribution in [0.3, 0.4) is 0 Å². The molecule has 9 heteroatoms. The molecule has 5 nitrogen and oxygen atoms in total. The van der Waals surface area contributed by atoms with Crippen LogP contribution in [0.15, 0.2) is 23.4 Å². The lowest BCUT2D eigenvalue weighted by molar-refractivity contribution is -0.142. The number of carbonyl (C=O) groups is 1. The quantitative estimate of drug-likeness (QED) is 0.850. The molecule has 0 radical (unpaired) electrons. The monoisotopic (exact) mass is 281 g/mol. The second kappa shape index (κ2) is 5.91. The van der Waals surface area contributed by atoms with Crippen LogP contribution in [0.4, 0.5) is 18.9 Å². The first-order chi connectivity index (χ1) is 8.29. The van der Waals surface area contributed by atoms with Crippen LogP contribution in [-0.2, 0) is 15.9 Å². The van der Waals surface area contributed by atoms with Gasteiger partial charge in [-0.25, -0.2) is 4.98 Å². The predicted molar refractivity (Wildman–Crippen MR) is 55.3 cm³/mol. The lowest BCUT2D eigenvalue weighted by atomic mass is 10.3. The molecule has 1 aromatic rings. The fourth-order valence-corrected chi connectivity index (χ4v) is 1.53. The number of halogens is 3. The second-order valence-corrected chi connectivity index (χ2v) is 4.11. The lowest BCUT2D eigenvalue weighted by Crippen LogP contribution is -2.17. The average molecular weight is 281 g/mol. The van der Waals surface area contributed by atoms with E-state index in [1.807, 2.05) is 0 Å². The molecule has 100 valence electrons. The smallest absolute Gasteiger partial charge is 0.389 e. The number of hydrogen-bond acceptors (Lipinski definition) is 4. The third-order valence-electron chi connectivity index (χ3n) is 1.84. The van der Waals surface area contributed by atoms with Crippen molar-refractivity contribution in [3.05, 3.63) is 18.3 Å². The van der Waals surface area contributed by atoms with Crippen molar-refractivity contribution in [2.45, 2.75) is 24.0 Å². The van der Waals surface area contributed by atoms with Gasteiger partial charge in [-0.05, 0) is 23.2 Å². The zero-order valence-electron chi connectivity index (χ0n) is 8.86. The normalized spacial score (nSPS) is 13.1. The van der Waals surface area contributed by atoms with E-state index in [2.05, 4.69) is 10.3 Å². The highest BCUT2D eigenvalue weighted by atomic mass is 32.2. The van der Waals surface area contributed by atoms with Crippen molar-refractivity contribution in [3.63, 3.8) is 0 Å². The van der Waals surface area contributed by atoms with Gasteiger partial charge < -0.3 is 9.87 Å². The average Bonchev–Trinajstić information content (AvgIpc) is 2.26. The van der Waals surface area contributed by atoms with E-state index in [1.54, 1.807) is 0 Å². The topological polar surface area (TPSA) is 82.1 Å². The number of aromatic nitrogens is 1. The SMILES string of the molecule is O=C(CCC(F)(F)F)Nc1cccnc1S(=O)[O-]. The van der Waals surface area contributed by atoms with Gasteiger partial charge in [0.15, 0.2) is 0 Å². The Bertz CT molecular complexity index is 465.